The second-order valence-corrected chi connectivity index (χ2v) is 4.79. The lowest BCUT2D eigenvalue weighted by Gasteiger charge is -2.20. The maximum atomic E-state index is 12.3. The number of nitrogens with zero attached hydrogens (tertiary/aromatic N) is 2. The number of carbonyl (C=O) groups is 1. The van der Waals surface area contributed by atoms with Gasteiger partial charge < -0.3 is 10.6 Å². The predicted molar refractivity (Wildman–Crippen MR) is 59.1 cm³/mol. The smallest absolute Gasteiger partial charge is 0.291 e. The van der Waals surface area contributed by atoms with Crippen LogP contribution in [0.2, 0.25) is 0 Å². The van der Waals surface area contributed by atoms with Gasteiger partial charge >= 0.3 is 0 Å². The summed E-state index contributed by atoms with van der Waals surface area (Å²) in [5.74, 6) is -0.309. The fourth-order valence-corrected chi connectivity index (χ4v) is 2.26. The van der Waals surface area contributed by atoms with Crippen molar-refractivity contribution in [2.75, 3.05) is 18.4 Å². The first-order valence-corrected chi connectivity index (χ1v) is 6.11. The monoisotopic (exact) mass is 262 g/mol. The van der Waals surface area contributed by atoms with Crippen LogP contribution < -0.4 is 10.6 Å². The van der Waals surface area contributed by atoms with Crippen LogP contribution in [0.3, 0.4) is 0 Å². The largest absolute Gasteiger partial charge is 0.316 e. The number of hydrogen-bond donors (Lipinski definition) is 2. The first-order valence-electron chi connectivity index (χ1n) is 5.30. The Morgan fingerprint density at radius 2 is 2.35 bits per heavy atom. The van der Waals surface area contributed by atoms with E-state index in [2.05, 4.69) is 20.8 Å². The standard InChI is InChI=1S/C9H12F2N4OS/c10-6(11)8-14-15-9(17-8)13-7(16)5-2-1-3-12-4-5/h5-6,12H,1-4H2,(H,13,15,16). The predicted octanol–water partition coefficient (Wildman–Crippen LogP) is 1.41. The van der Waals surface area contributed by atoms with Crippen LogP contribution in [-0.2, 0) is 4.79 Å². The molecule has 1 aromatic rings. The number of nitrogens with one attached hydrogen (secondary N) is 2. The lowest BCUT2D eigenvalue weighted by molar-refractivity contribution is -0.120. The number of aromatic nitrogens is 2. The van der Waals surface area contributed by atoms with Crippen LogP contribution in [0, 0.1) is 5.92 Å². The minimum absolute atomic E-state index is 0.123. The normalized spacial score (nSPS) is 20.5. The Balaban J connectivity index is 1.92. The molecule has 1 fully saturated rings. The molecule has 8 heteroatoms. The van der Waals surface area contributed by atoms with Crippen LogP contribution in [0.1, 0.15) is 24.3 Å². The van der Waals surface area contributed by atoms with E-state index in [1.165, 1.54) is 0 Å². The zero-order chi connectivity index (χ0) is 12.3. The van der Waals surface area contributed by atoms with Gasteiger partial charge in [0.2, 0.25) is 11.0 Å². The van der Waals surface area contributed by atoms with Gasteiger partial charge in [-0.2, -0.15) is 0 Å². The molecular weight excluding hydrogens is 250 g/mol. The lowest BCUT2D eigenvalue weighted by Crippen LogP contribution is -2.37. The molecule has 94 valence electrons. The maximum absolute atomic E-state index is 12.3. The molecule has 1 saturated heterocycles. The van der Waals surface area contributed by atoms with Crippen LogP contribution in [0.25, 0.3) is 0 Å². The summed E-state index contributed by atoms with van der Waals surface area (Å²) in [6.07, 6.45) is -0.898. The number of piperidine rings is 1. The summed E-state index contributed by atoms with van der Waals surface area (Å²) in [6, 6.07) is 0. The van der Waals surface area contributed by atoms with Crippen LogP contribution in [0.4, 0.5) is 13.9 Å². The minimum atomic E-state index is -2.64. The van der Waals surface area contributed by atoms with Crippen molar-refractivity contribution >= 4 is 22.4 Å². The van der Waals surface area contributed by atoms with Crippen molar-refractivity contribution in [2.24, 2.45) is 5.92 Å². The van der Waals surface area contributed by atoms with Crippen molar-refractivity contribution in [1.29, 1.82) is 0 Å². The van der Waals surface area contributed by atoms with Crippen molar-refractivity contribution in [1.82, 2.24) is 15.5 Å². The molecule has 0 aliphatic carbocycles. The lowest BCUT2D eigenvalue weighted by atomic mass is 9.99. The Hall–Kier alpha value is -1.15. The molecule has 0 bridgehead atoms. The second-order valence-electron chi connectivity index (χ2n) is 3.78. The van der Waals surface area contributed by atoms with Crippen LogP contribution >= 0.6 is 11.3 Å². The van der Waals surface area contributed by atoms with Crippen LogP contribution in [0.15, 0.2) is 0 Å². The summed E-state index contributed by atoms with van der Waals surface area (Å²) >= 11 is 0.709. The van der Waals surface area contributed by atoms with E-state index in [4.69, 9.17) is 0 Å². The van der Waals surface area contributed by atoms with Crippen LogP contribution in [-0.4, -0.2) is 29.2 Å². The first-order chi connectivity index (χ1) is 8.16. The second kappa shape index (κ2) is 5.46. The molecule has 2 heterocycles. The van der Waals surface area contributed by atoms with Crippen LogP contribution in [0.5, 0.6) is 0 Å². The summed E-state index contributed by atoms with van der Waals surface area (Å²) in [5, 5.41) is 12.2. The average Bonchev–Trinajstić information content (AvgIpc) is 2.79. The molecule has 1 amide bonds. The zero-order valence-corrected chi connectivity index (χ0v) is 9.77. The number of hydrogen-bond acceptors (Lipinski definition) is 5. The van der Waals surface area contributed by atoms with Crippen molar-refractivity contribution in [2.45, 2.75) is 19.3 Å². The Bertz CT molecular complexity index is 392. The van der Waals surface area contributed by atoms with E-state index in [-0.39, 0.29) is 22.0 Å². The molecule has 1 aliphatic rings. The highest BCUT2D eigenvalue weighted by Crippen LogP contribution is 2.25. The van der Waals surface area contributed by atoms with Gasteiger partial charge in [0.05, 0.1) is 5.92 Å². The highest BCUT2D eigenvalue weighted by molar-refractivity contribution is 7.15. The van der Waals surface area contributed by atoms with Gasteiger partial charge in [-0.3, -0.25) is 4.79 Å². The Labute approximate surface area is 101 Å². The van der Waals surface area contributed by atoms with Gasteiger partial charge in [0, 0.05) is 6.54 Å². The highest BCUT2D eigenvalue weighted by Gasteiger charge is 2.22. The third kappa shape index (κ3) is 3.16. The molecule has 0 aromatic carbocycles. The number of rotatable bonds is 3. The summed E-state index contributed by atoms with van der Waals surface area (Å²) in [7, 11) is 0. The van der Waals surface area contributed by atoms with Gasteiger partial charge in [0.25, 0.3) is 6.43 Å². The van der Waals surface area contributed by atoms with Crippen molar-refractivity contribution < 1.29 is 13.6 Å². The molecule has 0 saturated carbocycles. The van der Waals surface area contributed by atoms with Gasteiger partial charge in [0.1, 0.15) is 0 Å². The summed E-state index contributed by atoms with van der Waals surface area (Å²) in [5.41, 5.74) is 0. The highest BCUT2D eigenvalue weighted by atomic mass is 32.1. The van der Waals surface area contributed by atoms with E-state index in [0.717, 1.165) is 19.4 Å². The molecular formula is C9H12F2N4OS. The van der Waals surface area contributed by atoms with E-state index in [1.54, 1.807) is 0 Å². The quantitative estimate of drug-likeness (QED) is 0.864. The molecule has 1 aromatic heterocycles. The van der Waals surface area contributed by atoms with E-state index in [1.807, 2.05) is 0 Å². The number of anilines is 1. The number of amides is 1. The molecule has 1 atom stereocenters. The van der Waals surface area contributed by atoms with E-state index >= 15 is 0 Å². The Morgan fingerprint density at radius 3 is 2.94 bits per heavy atom. The fraction of sp³-hybridized carbons (Fsp3) is 0.667. The summed E-state index contributed by atoms with van der Waals surface area (Å²) < 4.78 is 24.5. The molecule has 2 N–H and O–H groups in total. The molecule has 2 rings (SSSR count). The maximum Gasteiger partial charge on any atom is 0.291 e. The molecule has 0 radical (unpaired) electrons. The number of halogens is 2. The Morgan fingerprint density at radius 1 is 1.53 bits per heavy atom. The number of carbonyl (C=O) groups excluding carboxylic acids is 1. The Kier molecular flexibility index (Phi) is 3.95. The topological polar surface area (TPSA) is 66.9 Å². The van der Waals surface area contributed by atoms with Crippen molar-refractivity contribution in [3.8, 4) is 0 Å². The minimum Gasteiger partial charge on any atom is -0.316 e. The average molecular weight is 262 g/mol. The van der Waals surface area contributed by atoms with Gasteiger partial charge in [-0.05, 0) is 19.4 Å². The summed E-state index contributed by atoms with van der Waals surface area (Å²) in [4.78, 5) is 11.7. The molecule has 5 nitrogen and oxygen atoms in total. The fourth-order valence-electron chi connectivity index (χ4n) is 1.66. The van der Waals surface area contributed by atoms with Gasteiger partial charge in [0.15, 0.2) is 5.01 Å². The zero-order valence-electron chi connectivity index (χ0n) is 8.95. The molecule has 1 aliphatic heterocycles. The van der Waals surface area contributed by atoms with Crippen molar-refractivity contribution in [3.63, 3.8) is 0 Å². The van der Waals surface area contributed by atoms with Gasteiger partial charge in [-0.1, -0.05) is 11.3 Å². The van der Waals surface area contributed by atoms with E-state index in [9.17, 15) is 13.6 Å². The van der Waals surface area contributed by atoms with E-state index in [0.29, 0.717) is 17.9 Å². The first kappa shape index (κ1) is 12.3. The SMILES string of the molecule is O=C(Nc1nnc(C(F)F)s1)C1CCCNC1. The van der Waals surface area contributed by atoms with Crippen molar-refractivity contribution in [3.05, 3.63) is 5.01 Å². The summed E-state index contributed by atoms with van der Waals surface area (Å²) in [6.45, 7) is 1.53. The van der Waals surface area contributed by atoms with Gasteiger partial charge in [-0.15, -0.1) is 10.2 Å². The third-order valence-corrected chi connectivity index (χ3v) is 3.37. The van der Waals surface area contributed by atoms with E-state index < -0.39 is 6.43 Å². The third-order valence-electron chi connectivity index (χ3n) is 2.53. The molecule has 0 spiro atoms. The van der Waals surface area contributed by atoms with Gasteiger partial charge in [-0.25, -0.2) is 8.78 Å². The molecule has 17 heavy (non-hydrogen) atoms. The number of alkyl halides is 2. The molecule has 1 unspecified atom stereocenters.